The van der Waals surface area contributed by atoms with Crippen molar-refractivity contribution in [2.75, 3.05) is 6.61 Å². The van der Waals surface area contributed by atoms with Crippen LogP contribution in [0.25, 0.3) is 11.0 Å². The summed E-state index contributed by atoms with van der Waals surface area (Å²) in [6.07, 6.45) is 0. The number of carbonyl (C=O) groups is 2. The summed E-state index contributed by atoms with van der Waals surface area (Å²) < 4.78 is 31.3. The highest BCUT2D eigenvalue weighted by Gasteiger charge is 2.11. The van der Waals surface area contributed by atoms with E-state index in [1.54, 1.807) is 23.9 Å². The van der Waals surface area contributed by atoms with Gasteiger partial charge in [-0.05, 0) is 42.0 Å². The molecule has 0 atom stereocenters. The maximum atomic E-state index is 13.5. The number of hydrogen-bond acceptors (Lipinski definition) is 5. The third-order valence-electron chi connectivity index (χ3n) is 4.53. The lowest BCUT2D eigenvalue weighted by molar-refractivity contribution is -0.123. The molecule has 3 aromatic carbocycles. The van der Waals surface area contributed by atoms with Gasteiger partial charge in [0.05, 0.1) is 11.0 Å². The number of rotatable bonds is 7. The molecule has 2 amide bonds. The molecule has 0 spiro atoms. The molecular formula is C23H18F2N4O3S. The fourth-order valence-corrected chi connectivity index (χ4v) is 3.71. The molecule has 0 bridgehead atoms. The Morgan fingerprint density at radius 2 is 1.79 bits per heavy atom. The molecule has 33 heavy (non-hydrogen) atoms. The number of para-hydroxylation sites is 2. The molecule has 0 saturated carbocycles. The number of ether oxygens (including phenoxy) is 1. The molecule has 10 heteroatoms. The zero-order chi connectivity index (χ0) is 23.2. The van der Waals surface area contributed by atoms with Crippen LogP contribution >= 0.6 is 11.8 Å². The predicted octanol–water partition coefficient (Wildman–Crippen LogP) is 3.97. The molecule has 0 radical (unpaired) electrons. The van der Waals surface area contributed by atoms with Crippen LogP contribution in [0.15, 0.2) is 71.9 Å². The van der Waals surface area contributed by atoms with E-state index < -0.39 is 30.1 Å². The first-order valence-electron chi connectivity index (χ1n) is 9.81. The number of amides is 2. The lowest BCUT2D eigenvalue weighted by Crippen LogP contribution is -2.43. The van der Waals surface area contributed by atoms with Gasteiger partial charge in [0.15, 0.2) is 23.3 Å². The normalized spacial score (nSPS) is 10.7. The van der Waals surface area contributed by atoms with Gasteiger partial charge in [-0.15, -0.1) is 0 Å². The Kier molecular flexibility index (Phi) is 6.84. The molecule has 4 aromatic rings. The van der Waals surface area contributed by atoms with Crippen LogP contribution in [0.4, 0.5) is 8.78 Å². The van der Waals surface area contributed by atoms with Gasteiger partial charge in [-0.3, -0.25) is 20.4 Å². The largest absolute Gasteiger partial charge is 0.481 e. The maximum absolute atomic E-state index is 13.5. The van der Waals surface area contributed by atoms with Crippen LogP contribution < -0.4 is 15.6 Å². The standard InChI is InChI=1S/C23H18F2N4O3S/c24-16-9-10-20(17(25)11-16)32-12-21(30)28-29-22(31)15-7-5-14(6-8-15)13-33-23-26-18-3-1-2-4-19(18)27-23/h1-11H,12-13H2,(H,26,27)(H,28,30)(H,29,31). The van der Waals surface area contributed by atoms with Crippen LogP contribution in [-0.2, 0) is 10.5 Å². The number of nitrogens with zero attached hydrogens (tertiary/aromatic N) is 1. The summed E-state index contributed by atoms with van der Waals surface area (Å²) in [6.45, 7) is -0.555. The van der Waals surface area contributed by atoms with Gasteiger partial charge in [0.25, 0.3) is 11.8 Å². The van der Waals surface area contributed by atoms with Gasteiger partial charge in [0.1, 0.15) is 5.82 Å². The zero-order valence-corrected chi connectivity index (χ0v) is 17.9. The van der Waals surface area contributed by atoms with Crippen molar-refractivity contribution in [1.29, 1.82) is 0 Å². The molecule has 4 rings (SSSR count). The second-order valence-corrected chi connectivity index (χ2v) is 7.87. The molecular weight excluding hydrogens is 450 g/mol. The summed E-state index contributed by atoms with van der Waals surface area (Å²) >= 11 is 1.55. The van der Waals surface area contributed by atoms with Crippen LogP contribution in [0.3, 0.4) is 0 Å². The van der Waals surface area contributed by atoms with Crippen molar-refractivity contribution in [2.45, 2.75) is 10.9 Å². The van der Waals surface area contributed by atoms with Crippen molar-refractivity contribution in [1.82, 2.24) is 20.8 Å². The molecule has 0 aliphatic rings. The molecule has 0 fully saturated rings. The Bertz CT molecular complexity index is 1260. The monoisotopic (exact) mass is 468 g/mol. The number of H-pyrrole nitrogens is 1. The van der Waals surface area contributed by atoms with Gasteiger partial charge in [0, 0.05) is 17.4 Å². The first-order valence-corrected chi connectivity index (χ1v) is 10.8. The number of thioether (sulfide) groups is 1. The number of hydrogen-bond donors (Lipinski definition) is 3. The summed E-state index contributed by atoms with van der Waals surface area (Å²) in [6, 6.07) is 17.4. The van der Waals surface area contributed by atoms with E-state index in [0.717, 1.165) is 33.9 Å². The first-order chi connectivity index (χ1) is 16.0. The first kappa shape index (κ1) is 22.3. The van der Waals surface area contributed by atoms with E-state index in [-0.39, 0.29) is 5.75 Å². The fraction of sp³-hybridized carbons (Fsp3) is 0.0870. The highest BCUT2D eigenvalue weighted by molar-refractivity contribution is 7.98. The second-order valence-electron chi connectivity index (χ2n) is 6.91. The summed E-state index contributed by atoms with van der Waals surface area (Å²) in [5, 5.41) is 0.809. The predicted molar refractivity (Wildman–Crippen MR) is 120 cm³/mol. The van der Waals surface area contributed by atoms with Crippen LogP contribution in [0.1, 0.15) is 15.9 Å². The maximum Gasteiger partial charge on any atom is 0.276 e. The minimum atomic E-state index is -0.926. The van der Waals surface area contributed by atoms with Crippen molar-refractivity contribution in [2.24, 2.45) is 0 Å². The number of aromatic amines is 1. The molecule has 1 aromatic heterocycles. The third kappa shape index (κ3) is 5.86. The lowest BCUT2D eigenvalue weighted by atomic mass is 10.1. The van der Waals surface area contributed by atoms with Crippen molar-refractivity contribution in [3.63, 3.8) is 0 Å². The Labute approximate surface area is 191 Å². The van der Waals surface area contributed by atoms with Crippen molar-refractivity contribution in [3.05, 3.63) is 89.5 Å². The third-order valence-corrected chi connectivity index (χ3v) is 5.47. The molecule has 3 N–H and O–H groups in total. The number of halogens is 2. The number of aromatic nitrogens is 2. The summed E-state index contributed by atoms with van der Waals surface area (Å²) in [4.78, 5) is 31.8. The number of benzene rings is 3. The van der Waals surface area contributed by atoms with Gasteiger partial charge in [-0.25, -0.2) is 13.8 Å². The van der Waals surface area contributed by atoms with Crippen LogP contribution in [0.5, 0.6) is 5.75 Å². The summed E-state index contributed by atoms with van der Waals surface area (Å²) in [5.41, 5.74) is 7.66. The van der Waals surface area contributed by atoms with E-state index in [1.807, 2.05) is 36.4 Å². The highest BCUT2D eigenvalue weighted by atomic mass is 32.2. The molecule has 0 aliphatic heterocycles. The van der Waals surface area contributed by atoms with Gasteiger partial charge in [-0.2, -0.15) is 0 Å². The van der Waals surface area contributed by atoms with Gasteiger partial charge in [0.2, 0.25) is 0 Å². The number of nitrogens with one attached hydrogen (secondary N) is 3. The smallest absolute Gasteiger partial charge is 0.276 e. The van der Waals surface area contributed by atoms with Crippen molar-refractivity contribution < 1.29 is 23.1 Å². The minimum Gasteiger partial charge on any atom is -0.481 e. The van der Waals surface area contributed by atoms with Crippen molar-refractivity contribution >= 4 is 34.6 Å². The van der Waals surface area contributed by atoms with Gasteiger partial charge >= 0.3 is 0 Å². The van der Waals surface area contributed by atoms with E-state index in [0.29, 0.717) is 17.4 Å². The highest BCUT2D eigenvalue weighted by Crippen LogP contribution is 2.23. The average molecular weight is 468 g/mol. The number of hydrazine groups is 1. The molecule has 0 saturated heterocycles. The Morgan fingerprint density at radius 1 is 1.00 bits per heavy atom. The molecule has 0 unspecified atom stereocenters. The lowest BCUT2D eigenvalue weighted by Gasteiger charge is -2.09. The Morgan fingerprint density at radius 3 is 2.55 bits per heavy atom. The topological polar surface area (TPSA) is 96.1 Å². The zero-order valence-electron chi connectivity index (χ0n) is 17.1. The Balaban J connectivity index is 1.23. The van der Waals surface area contributed by atoms with E-state index >= 15 is 0 Å². The average Bonchev–Trinajstić information content (AvgIpc) is 3.24. The van der Waals surface area contributed by atoms with E-state index in [1.165, 1.54) is 0 Å². The SMILES string of the molecule is O=C(COc1ccc(F)cc1F)NNC(=O)c1ccc(CSc2nc3ccccc3[nH]2)cc1. The molecule has 168 valence electrons. The summed E-state index contributed by atoms with van der Waals surface area (Å²) in [5.74, 6) is -2.51. The van der Waals surface area contributed by atoms with Crippen LogP contribution in [0.2, 0.25) is 0 Å². The van der Waals surface area contributed by atoms with Crippen LogP contribution in [-0.4, -0.2) is 28.4 Å². The second kappa shape index (κ2) is 10.1. The van der Waals surface area contributed by atoms with E-state index in [2.05, 4.69) is 20.8 Å². The van der Waals surface area contributed by atoms with Gasteiger partial charge < -0.3 is 9.72 Å². The molecule has 1 heterocycles. The van der Waals surface area contributed by atoms with E-state index in [4.69, 9.17) is 4.74 Å². The molecule has 0 aliphatic carbocycles. The minimum absolute atomic E-state index is 0.269. The summed E-state index contributed by atoms with van der Waals surface area (Å²) in [7, 11) is 0. The Hall–Kier alpha value is -3.92. The number of fused-ring (bicyclic) bond motifs is 1. The molecule has 7 nitrogen and oxygen atoms in total. The fourth-order valence-electron chi connectivity index (χ4n) is 2.87. The van der Waals surface area contributed by atoms with Crippen LogP contribution in [0, 0.1) is 11.6 Å². The van der Waals surface area contributed by atoms with Gasteiger partial charge in [-0.1, -0.05) is 36.0 Å². The van der Waals surface area contributed by atoms with E-state index in [9.17, 15) is 18.4 Å². The number of imidazole rings is 1. The van der Waals surface area contributed by atoms with Crippen molar-refractivity contribution in [3.8, 4) is 5.75 Å². The number of carbonyl (C=O) groups excluding carboxylic acids is 2. The quantitative estimate of drug-likeness (QED) is 0.282.